The van der Waals surface area contributed by atoms with Gasteiger partial charge in [0.25, 0.3) is 0 Å². The molecule has 0 radical (unpaired) electrons. The van der Waals surface area contributed by atoms with Crippen molar-refractivity contribution < 1.29 is 0 Å². The zero-order valence-electron chi connectivity index (χ0n) is 9.38. The van der Waals surface area contributed by atoms with Crippen LogP contribution in [-0.2, 0) is 0 Å². The van der Waals surface area contributed by atoms with Gasteiger partial charge < -0.3 is 10.7 Å². The van der Waals surface area contributed by atoms with Crippen molar-refractivity contribution in [2.75, 3.05) is 0 Å². The molecule has 3 nitrogen and oxygen atoms in total. The normalized spacial score (nSPS) is 15.4. The van der Waals surface area contributed by atoms with E-state index in [9.17, 15) is 0 Å². The molecule has 0 aliphatic carbocycles. The Morgan fingerprint density at radius 3 is 2.79 bits per heavy atom. The van der Waals surface area contributed by atoms with Crippen LogP contribution in [0.2, 0.25) is 0 Å². The molecule has 1 aromatic heterocycles. The van der Waals surface area contributed by atoms with E-state index in [-0.39, 0.29) is 6.04 Å². The molecule has 80 valence electrons. The number of nitrogens with one attached hydrogen (secondary N) is 1. The topological polar surface area (TPSA) is 54.7 Å². The Balaban J connectivity index is 2.67. The molecular weight excluding hydrogens is 174 g/mol. The first-order valence-electron chi connectivity index (χ1n) is 5.49. The number of nitrogens with zero attached hydrogens (tertiary/aromatic N) is 1. The number of hydrogen-bond acceptors (Lipinski definition) is 2. The maximum Gasteiger partial charge on any atom is 0.123 e. The van der Waals surface area contributed by atoms with Gasteiger partial charge in [-0.2, -0.15) is 0 Å². The van der Waals surface area contributed by atoms with E-state index < -0.39 is 0 Å². The summed E-state index contributed by atoms with van der Waals surface area (Å²) in [4.78, 5) is 7.64. The van der Waals surface area contributed by atoms with Gasteiger partial charge >= 0.3 is 0 Å². The zero-order valence-corrected chi connectivity index (χ0v) is 9.38. The predicted octanol–water partition coefficient (Wildman–Crippen LogP) is 2.72. The largest absolute Gasteiger partial charge is 0.344 e. The lowest BCUT2D eigenvalue weighted by Gasteiger charge is -2.07. The minimum atomic E-state index is 0.0674. The number of aromatic amines is 1. The van der Waals surface area contributed by atoms with Gasteiger partial charge in [-0.3, -0.25) is 0 Å². The molecule has 0 aliphatic heterocycles. The van der Waals surface area contributed by atoms with Crippen LogP contribution in [0.25, 0.3) is 0 Å². The molecular formula is C11H21N3. The second-order valence-electron chi connectivity index (χ2n) is 3.93. The molecule has 0 aromatic carbocycles. The van der Waals surface area contributed by atoms with E-state index >= 15 is 0 Å². The summed E-state index contributed by atoms with van der Waals surface area (Å²) in [6.45, 7) is 6.51. The first kappa shape index (κ1) is 11.2. The molecule has 14 heavy (non-hydrogen) atoms. The third-order valence-electron chi connectivity index (χ3n) is 2.71. The number of aromatic nitrogens is 2. The van der Waals surface area contributed by atoms with Crippen LogP contribution in [0.5, 0.6) is 0 Å². The molecule has 0 saturated heterocycles. The number of imidazole rings is 1. The van der Waals surface area contributed by atoms with E-state index in [2.05, 4.69) is 30.7 Å². The molecule has 3 heteroatoms. The van der Waals surface area contributed by atoms with Crippen LogP contribution in [0.4, 0.5) is 0 Å². The first-order valence-corrected chi connectivity index (χ1v) is 5.49. The summed E-state index contributed by atoms with van der Waals surface area (Å²) in [5, 5.41) is 0. The van der Waals surface area contributed by atoms with Crippen molar-refractivity contribution >= 4 is 0 Å². The Morgan fingerprint density at radius 2 is 2.21 bits per heavy atom. The standard InChI is InChI=1S/C11H21N3/c1-4-6-9(12)11-13-7-10(14-11)8(3)5-2/h7-9H,4-6,12H2,1-3H3,(H,13,14). The summed E-state index contributed by atoms with van der Waals surface area (Å²) >= 11 is 0. The van der Waals surface area contributed by atoms with E-state index in [1.807, 2.05) is 6.20 Å². The van der Waals surface area contributed by atoms with Crippen molar-refractivity contribution in [2.45, 2.75) is 52.0 Å². The van der Waals surface area contributed by atoms with Crippen molar-refractivity contribution in [2.24, 2.45) is 5.73 Å². The van der Waals surface area contributed by atoms with E-state index in [4.69, 9.17) is 5.73 Å². The fourth-order valence-electron chi connectivity index (χ4n) is 1.46. The maximum absolute atomic E-state index is 5.97. The number of nitrogens with two attached hydrogens (primary N) is 1. The van der Waals surface area contributed by atoms with Crippen molar-refractivity contribution in [3.05, 3.63) is 17.7 Å². The molecule has 2 atom stereocenters. The fraction of sp³-hybridized carbons (Fsp3) is 0.727. The summed E-state index contributed by atoms with van der Waals surface area (Å²) in [6, 6.07) is 0.0674. The fourth-order valence-corrected chi connectivity index (χ4v) is 1.46. The molecule has 0 saturated carbocycles. The summed E-state index contributed by atoms with van der Waals surface area (Å²) in [5.41, 5.74) is 7.17. The van der Waals surface area contributed by atoms with Gasteiger partial charge in [-0.15, -0.1) is 0 Å². The Kier molecular flexibility index (Phi) is 4.14. The van der Waals surface area contributed by atoms with Gasteiger partial charge in [-0.05, 0) is 18.8 Å². The maximum atomic E-state index is 5.97. The van der Waals surface area contributed by atoms with Crippen molar-refractivity contribution in [1.29, 1.82) is 0 Å². The van der Waals surface area contributed by atoms with Crippen molar-refractivity contribution in [3.63, 3.8) is 0 Å². The lowest BCUT2D eigenvalue weighted by molar-refractivity contribution is 0.604. The van der Waals surface area contributed by atoms with Crippen LogP contribution in [0.1, 0.15) is 63.5 Å². The third-order valence-corrected chi connectivity index (χ3v) is 2.71. The Bertz CT molecular complexity index is 267. The molecule has 0 amide bonds. The van der Waals surface area contributed by atoms with Crippen LogP contribution in [0, 0.1) is 0 Å². The molecule has 0 spiro atoms. The lowest BCUT2D eigenvalue weighted by atomic mass is 10.1. The van der Waals surface area contributed by atoms with E-state index in [1.165, 1.54) is 5.69 Å². The molecule has 0 aliphatic rings. The van der Waals surface area contributed by atoms with Crippen LogP contribution in [0.3, 0.4) is 0 Å². The highest BCUT2D eigenvalue weighted by Crippen LogP contribution is 2.19. The lowest BCUT2D eigenvalue weighted by Crippen LogP contribution is -2.11. The summed E-state index contributed by atoms with van der Waals surface area (Å²) < 4.78 is 0. The number of rotatable bonds is 5. The van der Waals surface area contributed by atoms with E-state index in [0.717, 1.165) is 25.1 Å². The minimum Gasteiger partial charge on any atom is -0.344 e. The van der Waals surface area contributed by atoms with Crippen LogP contribution in [0.15, 0.2) is 6.20 Å². The van der Waals surface area contributed by atoms with Gasteiger partial charge in [-0.25, -0.2) is 4.98 Å². The van der Waals surface area contributed by atoms with Gasteiger partial charge in [0.2, 0.25) is 0 Å². The van der Waals surface area contributed by atoms with Gasteiger partial charge in [0.05, 0.1) is 6.04 Å². The van der Waals surface area contributed by atoms with Crippen molar-refractivity contribution in [1.82, 2.24) is 9.97 Å². The highest BCUT2D eigenvalue weighted by molar-refractivity contribution is 5.08. The van der Waals surface area contributed by atoms with Gasteiger partial charge in [0, 0.05) is 11.9 Å². The molecule has 1 heterocycles. The molecule has 1 rings (SSSR count). The Labute approximate surface area is 86.1 Å². The number of H-pyrrole nitrogens is 1. The summed E-state index contributed by atoms with van der Waals surface area (Å²) in [7, 11) is 0. The van der Waals surface area contributed by atoms with Gasteiger partial charge in [-0.1, -0.05) is 27.2 Å². The monoisotopic (exact) mass is 195 g/mol. The Morgan fingerprint density at radius 1 is 1.50 bits per heavy atom. The predicted molar refractivity (Wildman–Crippen MR) is 59.1 cm³/mol. The van der Waals surface area contributed by atoms with Gasteiger partial charge in [0.15, 0.2) is 0 Å². The molecule has 0 fully saturated rings. The number of hydrogen-bond donors (Lipinski definition) is 2. The van der Waals surface area contributed by atoms with Crippen LogP contribution < -0.4 is 5.73 Å². The highest BCUT2D eigenvalue weighted by atomic mass is 15.0. The van der Waals surface area contributed by atoms with Crippen LogP contribution >= 0.6 is 0 Å². The Hall–Kier alpha value is -0.830. The molecule has 2 unspecified atom stereocenters. The third kappa shape index (κ3) is 2.58. The van der Waals surface area contributed by atoms with Crippen LogP contribution in [-0.4, -0.2) is 9.97 Å². The quantitative estimate of drug-likeness (QED) is 0.759. The average molecular weight is 195 g/mol. The molecule has 0 bridgehead atoms. The summed E-state index contributed by atoms with van der Waals surface area (Å²) in [5.74, 6) is 1.48. The van der Waals surface area contributed by atoms with E-state index in [0.29, 0.717) is 5.92 Å². The average Bonchev–Trinajstić information content (AvgIpc) is 2.66. The molecule has 3 N–H and O–H groups in total. The van der Waals surface area contributed by atoms with Crippen molar-refractivity contribution in [3.8, 4) is 0 Å². The second-order valence-corrected chi connectivity index (χ2v) is 3.93. The summed E-state index contributed by atoms with van der Waals surface area (Å²) in [6.07, 6.45) is 5.14. The molecule has 1 aromatic rings. The highest BCUT2D eigenvalue weighted by Gasteiger charge is 2.11. The smallest absolute Gasteiger partial charge is 0.123 e. The second kappa shape index (κ2) is 5.15. The van der Waals surface area contributed by atoms with Gasteiger partial charge in [0.1, 0.15) is 5.82 Å². The first-order chi connectivity index (χ1) is 6.69. The van der Waals surface area contributed by atoms with E-state index in [1.54, 1.807) is 0 Å². The zero-order chi connectivity index (χ0) is 10.6. The minimum absolute atomic E-state index is 0.0674. The SMILES string of the molecule is CCCC(N)c1ncc(C(C)CC)[nH]1.